The van der Waals surface area contributed by atoms with Gasteiger partial charge in [-0.2, -0.15) is 5.95 Å². The number of rotatable bonds is 0. The van der Waals surface area contributed by atoms with Gasteiger partial charge in [-0.05, 0) is 17.7 Å². The first-order valence-corrected chi connectivity index (χ1v) is 2.93. The second kappa shape index (κ2) is 2.49. The normalized spacial score (nSPS) is 16.5. The van der Waals surface area contributed by atoms with E-state index in [-0.39, 0.29) is 17.0 Å². The van der Waals surface area contributed by atoms with E-state index < -0.39 is 5.95 Å². The van der Waals surface area contributed by atoms with Crippen molar-refractivity contribution in [3.05, 3.63) is 35.4 Å². The summed E-state index contributed by atoms with van der Waals surface area (Å²) in [6.07, 6.45) is 3.81. The van der Waals surface area contributed by atoms with Gasteiger partial charge in [-0.15, -0.1) is 0 Å². The van der Waals surface area contributed by atoms with Gasteiger partial charge < -0.3 is 15.9 Å². The van der Waals surface area contributed by atoms with E-state index in [9.17, 15) is 10.2 Å². The summed E-state index contributed by atoms with van der Waals surface area (Å²) >= 11 is 0. The zero-order valence-corrected chi connectivity index (χ0v) is 5.63. The fraction of sp³-hybridized carbons (Fsp3) is 0. The molecule has 58 valence electrons. The summed E-state index contributed by atoms with van der Waals surface area (Å²) in [5, 5.41) is 27.6. The molecule has 1 aliphatic rings. The zero-order valence-electron chi connectivity index (χ0n) is 5.63. The summed E-state index contributed by atoms with van der Waals surface area (Å²) in [6.45, 7) is 0. The summed E-state index contributed by atoms with van der Waals surface area (Å²) < 4.78 is 0. The van der Waals surface area contributed by atoms with Crippen LogP contribution < -0.4 is 15.9 Å². The Kier molecular flexibility index (Phi) is 1.68. The van der Waals surface area contributed by atoms with Crippen LogP contribution in [0.25, 0.3) is 0 Å². The summed E-state index contributed by atoms with van der Waals surface area (Å²) in [4.78, 5) is 0. The standard InChI is InChI=1S/C7H8N2O2/c8-5-2-1-4(7(10)11)3-6(5)9/h1-3,8,10-11H,9H2/p-2. The van der Waals surface area contributed by atoms with Crippen LogP contribution in [0, 0.1) is 5.41 Å². The quantitative estimate of drug-likeness (QED) is 0.405. The molecule has 0 aromatic carbocycles. The van der Waals surface area contributed by atoms with Crippen LogP contribution in [0.4, 0.5) is 0 Å². The monoisotopic (exact) mass is 150 g/mol. The smallest absolute Gasteiger partial charge is 0.0769 e. The molecule has 0 radical (unpaired) electrons. The maximum Gasteiger partial charge on any atom is 0.0769 e. The van der Waals surface area contributed by atoms with Gasteiger partial charge in [0, 0.05) is 0 Å². The van der Waals surface area contributed by atoms with Gasteiger partial charge >= 0.3 is 0 Å². The lowest BCUT2D eigenvalue weighted by Crippen LogP contribution is -2.22. The third-order valence-corrected chi connectivity index (χ3v) is 1.29. The van der Waals surface area contributed by atoms with Crippen LogP contribution in [0.1, 0.15) is 0 Å². The molecule has 0 amide bonds. The number of nitrogens with one attached hydrogen (secondary N) is 1. The maximum absolute atomic E-state index is 10.2. The maximum atomic E-state index is 10.2. The number of hydrogen-bond acceptors (Lipinski definition) is 4. The largest absolute Gasteiger partial charge is 0.884 e. The Hall–Kier alpha value is -1.71. The number of hydrogen-bond donors (Lipinski definition) is 2. The van der Waals surface area contributed by atoms with Gasteiger partial charge in [-0.25, -0.2) is 0 Å². The van der Waals surface area contributed by atoms with Crippen LogP contribution in [0.3, 0.4) is 0 Å². The molecule has 0 heterocycles. The molecule has 0 aromatic heterocycles. The van der Waals surface area contributed by atoms with Gasteiger partial charge in [0.15, 0.2) is 0 Å². The highest BCUT2D eigenvalue weighted by Gasteiger charge is 2.01. The third-order valence-electron chi connectivity index (χ3n) is 1.29. The number of nitrogens with two attached hydrogens (primary N) is 1. The van der Waals surface area contributed by atoms with E-state index >= 15 is 0 Å². The van der Waals surface area contributed by atoms with E-state index in [2.05, 4.69) is 0 Å². The second-order valence-electron chi connectivity index (χ2n) is 2.09. The van der Waals surface area contributed by atoms with Crippen LogP contribution in [0.5, 0.6) is 0 Å². The topological polar surface area (TPSA) is 96.0 Å². The first-order chi connectivity index (χ1) is 5.11. The zero-order chi connectivity index (χ0) is 8.43. The van der Waals surface area contributed by atoms with Crippen LogP contribution in [0.2, 0.25) is 0 Å². The predicted octanol–water partition coefficient (Wildman–Crippen LogP) is -1.65. The van der Waals surface area contributed by atoms with Crippen molar-refractivity contribution in [2.75, 3.05) is 0 Å². The molecule has 1 rings (SSSR count). The lowest BCUT2D eigenvalue weighted by atomic mass is 10.1. The van der Waals surface area contributed by atoms with E-state index in [1.54, 1.807) is 0 Å². The molecule has 0 bridgehead atoms. The molecular weight excluding hydrogens is 144 g/mol. The van der Waals surface area contributed by atoms with E-state index in [1.165, 1.54) is 18.2 Å². The van der Waals surface area contributed by atoms with Crippen molar-refractivity contribution in [3.63, 3.8) is 0 Å². The van der Waals surface area contributed by atoms with E-state index in [4.69, 9.17) is 11.1 Å². The van der Waals surface area contributed by atoms with Gasteiger partial charge in [0.05, 0.1) is 11.4 Å². The first-order valence-electron chi connectivity index (χ1n) is 2.93. The highest BCUT2D eigenvalue weighted by molar-refractivity contribution is 6.07. The van der Waals surface area contributed by atoms with Crippen molar-refractivity contribution in [2.24, 2.45) is 5.73 Å². The van der Waals surface area contributed by atoms with Crippen LogP contribution in [-0.4, -0.2) is 5.71 Å². The molecule has 0 saturated carbocycles. The fourth-order valence-electron chi connectivity index (χ4n) is 0.690. The Balaban J connectivity index is 3.04. The van der Waals surface area contributed by atoms with Crippen molar-refractivity contribution in [3.8, 4) is 0 Å². The van der Waals surface area contributed by atoms with Gasteiger partial charge in [-0.1, -0.05) is 6.08 Å². The van der Waals surface area contributed by atoms with Crippen molar-refractivity contribution >= 4 is 5.71 Å². The molecule has 0 saturated heterocycles. The van der Waals surface area contributed by atoms with Crippen LogP contribution in [0.15, 0.2) is 35.4 Å². The molecule has 0 fully saturated rings. The molecule has 0 spiro atoms. The third kappa shape index (κ3) is 1.40. The highest BCUT2D eigenvalue weighted by Crippen LogP contribution is 2.08. The molecule has 4 heteroatoms. The minimum Gasteiger partial charge on any atom is -0.884 e. The van der Waals surface area contributed by atoms with Gasteiger partial charge in [0.2, 0.25) is 0 Å². The molecule has 4 nitrogen and oxygen atoms in total. The molecule has 3 N–H and O–H groups in total. The van der Waals surface area contributed by atoms with E-state index in [1.807, 2.05) is 0 Å². The van der Waals surface area contributed by atoms with E-state index in [0.717, 1.165) is 0 Å². The molecule has 0 aliphatic heterocycles. The predicted molar refractivity (Wildman–Crippen MR) is 36.2 cm³/mol. The molecule has 0 unspecified atom stereocenters. The van der Waals surface area contributed by atoms with Gasteiger partial charge in [-0.3, -0.25) is 5.41 Å². The Morgan fingerprint density at radius 3 is 2.45 bits per heavy atom. The lowest BCUT2D eigenvalue weighted by molar-refractivity contribution is -0.514. The average Bonchev–Trinajstić information content (AvgIpc) is 1.94. The summed E-state index contributed by atoms with van der Waals surface area (Å²) in [7, 11) is 0. The summed E-state index contributed by atoms with van der Waals surface area (Å²) in [5.41, 5.74) is 5.54. The van der Waals surface area contributed by atoms with Crippen LogP contribution >= 0.6 is 0 Å². The van der Waals surface area contributed by atoms with Crippen molar-refractivity contribution in [1.82, 2.24) is 0 Å². The van der Waals surface area contributed by atoms with Crippen molar-refractivity contribution in [1.29, 1.82) is 5.41 Å². The summed E-state index contributed by atoms with van der Waals surface area (Å²) in [5.74, 6) is -1.28. The van der Waals surface area contributed by atoms with Crippen molar-refractivity contribution in [2.45, 2.75) is 0 Å². The second-order valence-corrected chi connectivity index (χ2v) is 2.09. The SMILES string of the molecule is N=C1C=CC(=C([O-])[O-])C=C1N. The minimum atomic E-state index is -1.28. The number of allylic oxidation sites excluding steroid dienone is 4. The van der Waals surface area contributed by atoms with Gasteiger partial charge in [0.1, 0.15) is 0 Å². The summed E-state index contributed by atoms with van der Waals surface area (Å²) in [6, 6.07) is 0. The average molecular weight is 150 g/mol. The Morgan fingerprint density at radius 1 is 1.36 bits per heavy atom. The Morgan fingerprint density at radius 2 is 2.00 bits per heavy atom. The molecule has 11 heavy (non-hydrogen) atoms. The molecule has 0 aromatic rings. The fourth-order valence-corrected chi connectivity index (χ4v) is 0.690. The molecule has 0 atom stereocenters. The molecule has 1 aliphatic carbocycles. The van der Waals surface area contributed by atoms with E-state index in [0.29, 0.717) is 0 Å². The van der Waals surface area contributed by atoms with Crippen molar-refractivity contribution < 1.29 is 10.2 Å². The first kappa shape index (κ1) is 7.40. The lowest BCUT2D eigenvalue weighted by Gasteiger charge is -2.22. The Labute approximate surface area is 63.5 Å². The molecular formula is C7H6N2O2-2. The van der Waals surface area contributed by atoms with Gasteiger partial charge in [0.25, 0.3) is 0 Å². The highest BCUT2D eigenvalue weighted by atomic mass is 16.5. The Bertz CT molecular complexity index is 283. The van der Waals surface area contributed by atoms with Crippen LogP contribution in [-0.2, 0) is 0 Å². The minimum absolute atomic E-state index is 0.00139.